The predicted molar refractivity (Wildman–Crippen MR) is 73.8 cm³/mol. The largest absolute Gasteiger partial charge is 0.433 e. The molecule has 0 saturated heterocycles. The Morgan fingerprint density at radius 3 is 2.46 bits per heavy atom. The Kier molecular flexibility index (Phi) is 3.79. The van der Waals surface area contributed by atoms with E-state index in [4.69, 9.17) is 4.74 Å². The van der Waals surface area contributed by atoms with Gasteiger partial charge < -0.3 is 10.1 Å². The summed E-state index contributed by atoms with van der Waals surface area (Å²) in [5.74, 6) is 0.558. The van der Waals surface area contributed by atoms with Crippen molar-refractivity contribution in [3.05, 3.63) is 29.3 Å². The van der Waals surface area contributed by atoms with Crippen LogP contribution in [0.2, 0.25) is 0 Å². The van der Waals surface area contributed by atoms with Gasteiger partial charge in [0.1, 0.15) is 6.10 Å². The maximum absolute atomic E-state index is 13.9. The lowest BCUT2D eigenvalue weighted by molar-refractivity contribution is -0.266. The van der Waals surface area contributed by atoms with Crippen molar-refractivity contribution >= 4 is 11.6 Å². The smallest absolute Gasteiger partial charge is 0.337 e. The van der Waals surface area contributed by atoms with Crippen LogP contribution in [0.3, 0.4) is 0 Å². The summed E-state index contributed by atoms with van der Waals surface area (Å²) in [7, 11) is 0. The molecule has 1 fully saturated rings. The molecule has 1 N–H and O–H groups in total. The summed E-state index contributed by atoms with van der Waals surface area (Å²) in [5, 5.41) is 2.13. The maximum Gasteiger partial charge on any atom is 0.433 e. The molecule has 1 aliphatic heterocycles. The summed E-state index contributed by atoms with van der Waals surface area (Å²) in [6.45, 7) is 1.12. The first-order valence-electron chi connectivity index (χ1n) is 7.21. The first kappa shape index (κ1) is 16.7. The van der Waals surface area contributed by atoms with Crippen LogP contribution in [0.25, 0.3) is 0 Å². The fourth-order valence-electron chi connectivity index (χ4n) is 2.38. The number of carbonyl (C=O) groups excluding carboxylic acids is 1. The molecule has 8 heteroatoms. The number of hydrogen-bond acceptors (Lipinski definition) is 2. The van der Waals surface area contributed by atoms with Gasteiger partial charge >= 0.3 is 6.18 Å². The molecule has 24 heavy (non-hydrogen) atoms. The van der Waals surface area contributed by atoms with E-state index in [2.05, 4.69) is 17.2 Å². The fraction of sp³-hybridized carbons (Fsp3) is 0.438. The molecule has 0 bridgehead atoms. The molecular weight excluding hydrogens is 333 g/mol. The van der Waals surface area contributed by atoms with E-state index in [1.165, 1.54) is 0 Å². The van der Waals surface area contributed by atoms with Crippen LogP contribution in [-0.4, -0.2) is 18.2 Å². The third kappa shape index (κ3) is 2.73. The molecule has 1 amide bonds. The highest BCUT2D eigenvalue weighted by Gasteiger charge is 2.60. The van der Waals surface area contributed by atoms with Gasteiger partial charge in [0, 0.05) is 17.5 Å². The minimum atomic E-state index is -5.06. The van der Waals surface area contributed by atoms with Crippen LogP contribution >= 0.6 is 0 Å². The molecule has 3 rings (SSSR count). The van der Waals surface area contributed by atoms with Gasteiger partial charge in [-0.2, -0.15) is 13.2 Å². The number of halogens is 5. The minimum absolute atomic E-state index is 0.191. The summed E-state index contributed by atoms with van der Waals surface area (Å²) in [6, 6.07) is 0.876. The first-order valence-corrected chi connectivity index (χ1v) is 7.21. The number of hydrogen-bond donors (Lipinski definition) is 1. The lowest BCUT2D eigenvalue weighted by atomic mass is 9.91. The van der Waals surface area contributed by atoms with Crippen molar-refractivity contribution in [3.8, 4) is 11.8 Å². The van der Waals surface area contributed by atoms with E-state index in [9.17, 15) is 26.7 Å². The molecule has 128 valence electrons. The van der Waals surface area contributed by atoms with Gasteiger partial charge in [0.2, 0.25) is 0 Å². The molecule has 0 aromatic heterocycles. The van der Waals surface area contributed by atoms with Gasteiger partial charge in [-0.25, -0.2) is 8.78 Å². The van der Waals surface area contributed by atoms with Crippen molar-refractivity contribution < 1.29 is 31.5 Å². The number of alkyl halides is 3. The van der Waals surface area contributed by atoms with Crippen molar-refractivity contribution in [3.63, 3.8) is 0 Å². The minimum Gasteiger partial charge on any atom is -0.337 e. The van der Waals surface area contributed by atoms with E-state index >= 15 is 0 Å². The zero-order valence-corrected chi connectivity index (χ0v) is 12.4. The van der Waals surface area contributed by atoms with Crippen LogP contribution in [0, 0.1) is 29.4 Å². The van der Waals surface area contributed by atoms with Crippen LogP contribution in [0.1, 0.15) is 25.3 Å². The van der Waals surface area contributed by atoms with E-state index < -0.39 is 46.7 Å². The summed E-state index contributed by atoms with van der Waals surface area (Å²) in [5.41, 5.74) is -4.48. The van der Waals surface area contributed by atoms with Crippen LogP contribution in [0.5, 0.6) is 0 Å². The zero-order valence-electron chi connectivity index (χ0n) is 12.4. The Bertz CT molecular complexity index is 760. The maximum atomic E-state index is 13.9. The van der Waals surface area contributed by atoms with Crippen molar-refractivity contribution in [1.29, 1.82) is 0 Å². The van der Waals surface area contributed by atoms with Gasteiger partial charge in [-0.15, -0.1) is 0 Å². The normalized spacial score (nSPS) is 26.8. The number of anilines is 1. The Labute approximate surface area is 134 Å². The van der Waals surface area contributed by atoms with Gasteiger partial charge in [-0.05, 0) is 25.8 Å². The second-order valence-corrected chi connectivity index (χ2v) is 5.78. The van der Waals surface area contributed by atoms with Gasteiger partial charge in [0.05, 0.1) is 5.69 Å². The highest BCUT2D eigenvalue weighted by atomic mass is 19.4. The molecule has 0 spiro atoms. The molecule has 0 radical (unpaired) electrons. The number of nitrogens with one attached hydrogen (secondary N) is 1. The molecule has 0 unspecified atom stereocenters. The molecule has 2 aliphatic rings. The Balaban J connectivity index is 2.28. The molecule has 1 aromatic rings. The third-order valence-corrected chi connectivity index (χ3v) is 3.85. The second kappa shape index (κ2) is 5.45. The molecule has 3 nitrogen and oxygen atoms in total. The molecule has 1 heterocycles. The van der Waals surface area contributed by atoms with Crippen molar-refractivity contribution in [2.75, 3.05) is 5.32 Å². The SMILES string of the molecule is C[C@@H]1O[C@](C#CC2CC2)(C(F)(F)F)c2cc(F)c(F)cc2NC1=O. The van der Waals surface area contributed by atoms with Crippen LogP contribution in [-0.2, 0) is 15.1 Å². The van der Waals surface area contributed by atoms with Crippen LogP contribution < -0.4 is 5.32 Å². The monoisotopic (exact) mass is 345 g/mol. The summed E-state index contributed by atoms with van der Waals surface area (Å²) in [6.07, 6.45) is -5.25. The molecule has 2 atom stereocenters. The second-order valence-electron chi connectivity index (χ2n) is 5.78. The number of carbonyl (C=O) groups is 1. The highest BCUT2D eigenvalue weighted by Crippen LogP contribution is 2.47. The predicted octanol–water partition coefficient (Wildman–Crippen LogP) is 3.49. The average Bonchev–Trinajstić information content (AvgIpc) is 3.29. The quantitative estimate of drug-likeness (QED) is 0.577. The Morgan fingerprint density at radius 1 is 1.25 bits per heavy atom. The first-order chi connectivity index (χ1) is 11.1. The third-order valence-electron chi connectivity index (χ3n) is 3.85. The fourth-order valence-corrected chi connectivity index (χ4v) is 2.38. The van der Waals surface area contributed by atoms with Gasteiger partial charge in [0.25, 0.3) is 11.5 Å². The number of amides is 1. The molecular formula is C16H12F5NO2. The molecule has 1 saturated carbocycles. The standard InChI is InChI=1S/C16H12F5NO2/c1-8-14(23)22-13-7-12(18)11(17)6-10(13)15(24-8,16(19,20)21)5-4-9-2-3-9/h6-9H,2-3H2,1H3,(H,22,23)/t8-,15-/m0/s1. The van der Waals surface area contributed by atoms with E-state index in [1.807, 2.05) is 0 Å². The van der Waals surface area contributed by atoms with E-state index in [-0.39, 0.29) is 5.92 Å². The molecule has 1 aliphatic carbocycles. The Morgan fingerprint density at radius 2 is 1.88 bits per heavy atom. The number of rotatable bonds is 0. The summed E-state index contributed by atoms with van der Waals surface area (Å²) < 4.78 is 73.7. The Hall–Kier alpha value is -2.14. The lowest BCUT2D eigenvalue weighted by Crippen LogP contribution is -2.46. The lowest BCUT2D eigenvalue weighted by Gasteiger charge is -2.32. The molecule has 1 aromatic carbocycles. The highest BCUT2D eigenvalue weighted by molar-refractivity contribution is 5.95. The van der Waals surface area contributed by atoms with E-state index in [0.717, 1.165) is 6.92 Å². The topological polar surface area (TPSA) is 38.3 Å². The van der Waals surface area contributed by atoms with Gasteiger partial charge in [-0.1, -0.05) is 11.8 Å². The van der Waals surface area contributed by atoms with Gasteiger partial charge in [0.15, 0.2) is 11.6 Å². The number of benzene rings is 1. The summed E-state index contributed by atoms with van der Waals surface area (Å²) >= 11 is 0. The zero-order chi connectivity index (χ0) is 17.7. The van der Waals surface area contributed by atoms with E-state index in [0.29, 0.717) is 25.0 Å². The number of fused-ring (bicyclic) bond motifs is 1. The van der Waals surface area contributed by atoms with Crippen molar-refractivity contribution in [2.24, 2.45) is 5.92 Å². The number of ether oxygens (including phenoxy) is 1. The van der Waals surface area contributed by atoms with Crippen molar-refractivity contribution in [1.82, 2.24) is 0 Å². The van der Waals surface area contributed by atoms with Crippen LogP contribution in [0.15, 0.2) is 12.1 Å². The van der Waals surface area contributed by atoms with Crippen LogP contribution in [0.4, 0.5) is 27.6 Å². The summed E-state index contributed by atoms with van der Waals surface area (Å²) in [4.78, 5) is 11.9. The van der Waals surface area contributed by atoms with E-state index in [1.54, 1.807) is 0 Å². The van der Waals surface area contributed by atoms with Crippen molar-refractivity contribution in [2.45, 2.75) is 37.6 Å². The van der Waals surface area contributed by atoms with Gasteiger partial charge in [-0.3, -0.25) is 4.79 Å². The average molecular weight is 345 g/mol.